The SMILES string of the molecule is CCN(CC)C(=O)[C@H]1CCCN(Cc2ccc3c(NC(=O)C4CC4)c(C(=O)OC)sc3n2)C1. The van der Waals surface area contributed by atoms with E-state index in [2.05, 4.69) is 10.2 Å². The van der Waals surface area contributed by atoms with Crippen LogP contribution in [0.25, 0.3) is 10.2 Å². The first-order valence-electron chi connectivity index (χ1n) is 11.8. The molecule has 2 aromatic rings. The highest BCUT2D eigenvalue weighted by molar-refractivity contribution is 7.21. The number of amides is 2. The van der Waals surface area contributed by atoms with Gasteiger partial charge < -0.3 is 15.0 Å². The molecule has 0 bridgehead atoms. The lowest BCUT2D eigenvalue weighted by Gasteiger charge is -2.34. The summed E-state index contributed by atoms with van der Waals surface area (Å²) in [6.45, 7) is 7.83. The van der Waals surface area contributed by atoms with Gasteiger partial charge >= 0.3 is 5.97 Å². The Hall–Kier alpha value is -2.52. The second-order valence-corrected chi connectivity index (χ2v) is 9.80. The van der Waals surface area contributed by atoms with Gasteiger partial charge in [0.05, 0.1) is 24.4 Å². The Labute approximate surface area is 198 Å². The summed E-state index contributed by atoms with van der Waals surface area (Å²) in [5.74, 6) is -0.228. The zero-order valence-electron chi connectivity index (χ0n) is 19.6. The molecular formula is C24H32N4O4S. The van der Waals surface area contributed by atoms with E-state index in [-0.39, 0.29) is 23.7 Å². The first kappa shape index (κ1) is 23.6. The number of thiophene rings is 1. The van der Waals surface area contributed by atoms with Crippen LogP contribution in [0.5, 0.6) is 0 Å². The molecule has 178 valence electrons. The maximum absolute atomic E-state index is 12.8. The van der Waals surface area contributed by atoms with E-state index in [0.29, 0.717) is 21.9 Å². The largest absolute Gasteiger partial charge is 0.465 e. The average Bonchev–Trinajstić information content (AvgIpc) is 3.62. The van der Waals surface area contributed by atoms with Crippen molar-refractivity contribution >= 4 is 45.0 Å². The van der Waals surface area contributed by atoms with Crippen LogP contribution in [0.3, 0.4) is 0 Å². The molecule has 4 rings (SSSR count). The summed E-state index contributed by atoms with van der Waals surface area (Å²) in [6.07, 6.45) is 3.69. The number of pyridine rings is 1. The fourth-order valence-corrected chi connectivity index (χ4v) is 5.53. The van der Waals surface area contributed by atoms with Crippen LogP contribution < -0.4 is 5.32 Å². The lowest BCUT2D eigenvalue weighted by atomic mass is 9.96. The molecule has 1 saturated carbocycles. The van der Waals surface area contributed by atoms with Crippen molar-refractivity contribution in [1.29, 1.82) is 0 Å². The zero-order chi connectivity index (χ0) is 23.5. The molecule has 0 unspecified atom stereocenters. The normalized spacial score (nSPS) is 18.8. The molecule has 9 heteroatoms. The van der Waals surface area contributed by atoms with E-state index in [9.17, 15) is 14.4 Å². The number of fused-ring (bicyclic) bond motifs is 1. The van der Waals surface area contributed by atoms with E-state index >= 15 is 0 Å². The van der Waals surface area contributed by atoms with E-state index in [4.69, 9.17) is 9.72 Å². The summed E-state index contributed by atoms with van der Waals surface area (Å²) >= 11 is 1.24. The van der Waals surface area contributed by atoms with Gasteiger partial charge in [-0.3, -0.25) is 14.5 Å². The minimum atomic E-state index is -0.473. The van der Waals surface area contributed by atoms with E-state index in [1.165, 1.54) is 18.4 Å². The maximum Gasteiger partial charge on any atom is 0.350 e. The van der Waals surface area contributed by atoms with Crippen molar-refractivity contribution in [3.05, 3.63) is 22.7 Å². The number of carbonyl (C=O) groups excluding carboxylic acids is 3. The number of anilines is 1. The van der Waals surface area contributed by atoms with Crippen LogP contribution >= 0.6 is 11.3 Å². The Morgan fingerprint density at radius 3 is 2.61 bits per heavy atom. The van der Waals surface area contributed by atoms with Crippen LogP contribution in [0.15, 0.2) is 12.1 Å². The van der Waals surface area contributed by atoms with Gasteiger partial charge in [-0.05, 0) is 58.2 Å². The topological polar surface area (TPSA) is 91.8 Å². The molecule has 1 saturated heterocycles. The number of nitrogens with zero attached hydrogens (tertiary/aromatic N) is 3. The highest BCUT2D eigenvalue weighted by Gasteiger charge is 2.32. The number of likely N-dealkylation sites (tertiary alicyclic amines) is 1. The quantitative estimate of drug-likeness (QED) is 0.591. The molecular weight excluding hydrogens is 440 g/mol. The summed E-state index contributed by atoms with van der Waals surface area (Å²) in [6, 6.07) is 3.87. The van der Waals surface area contributed by atoms with E-state index in [0.717, 1.165) is 62.9 Å². The Morgan fingerprint density at radius 2 is 1.94 bits per heavy atom. The number of hydrogen-bond acceptors (Lipinski definition) is 7. The molecule has 0 spiro atoms. The smallest absolute Gasteiger partial charge is 0.350 e. The van der Waals surface area contributed by atoms with Crippen molar-refractivity contribution in [1.82, 2.24) is 14.8 Å². The molecule has 2 amide bonds. The minimum Gasteiger partial charge on any atom is -0.465 e. The number of esters is 1. The Kier molecular flexibility index (Phi) is 7.29. The number of methoxy groups -OCH3 is 1. The zero-order valence-corrected chi connectivity index (χ0v) is 20.4. The standard InChI is InChI=1S/C24H32N4O4S/c1-4-28(5-2)23(30)16-7-6-12-27(13-16)14-17-10-11-18-19(26-21(29)15-8-9-15)20(24(31)32-3)33-22(18)25-17/h10-11,15-16H,4-9,12-14H2,1-3H3,(H,26,29)/t16-/m0/s1. The first-order chi connectivity index (χ1) is 15.9. The van der Waals surface area contributed by atoms with Gasteiger partial charge in [-0.2, -0.15) is 0 Å². The molecule has 0 radical (unpaired) electrons. The van der Waals surface area contributed by atoms with E-state index in [1.54, 1.807) is 0 Å². The Morgan fingerprint density at radius 1 is 1.18 bits per heavy atom. The van der Waals surface area contributed by atoms with Crippen molar-refractivity contribution in [3.8, 4) is 0 Å². The summed E-state index contributed by atoms with van der Waals surface area (Å²) in [5, 5.41) is 3.69. The van der Waals surface area contributed by atoms with E-state index in [1.807, 2.05) is 30.9 Å². The van der Waals surface area contributed by atoms with Crippen molar-refractivity contribution in [2.45, 2.75) is 46.1 Å². The first-order valence-corrected chi connectivity index (χ1v) is 12.6. The summed E-state index contributed by atoms with van der Waals surface area (Å²) < 4.78 is 4.94. The summed E-state index contributed by atoms with van der Waals surface area (Å²) in [4.78, 5) is 47.6. The van der Waals surface area contributed by atoms with Gasteiger partial charge in [-0.25, -0.2) is 9.78 Å². The van der Waals surface area contributed by atoms with Gasteiger partial charge in [0.2, 0.25) is 11.8 Å². The average molecular weight is 473 g/mol. The van der Waals surface area contributed by atoms with Crippen LogP contribution in [0.1, 0.15) is 54.9 Å². The number of ether oxygens (including phenoxy) is 1. The fraction of sp³-hybridized carbons (Fsp3) is 0.583. The van der Waals surface area contributed by atoms with Crippen LogP contribution in [0, 0.1) is 11.8 Å². The molecule has 33 heavy (non-hydrogen) atoms. The van der Waals surface area contributed by atoms with Gasteiger partial charge in [-0.15, -0.1) is 11.3 Å². The second-order valence-electron chi connectivity index (χ2n) is 8.80. The number of rotatable bonds is 8. The van der Waals surface area contributed by atoms with Gasteiger partial charge in [0.15, 0.2) is 0 Å². The summed E-state index contributed by atoms with van der Waals surface area (Å²) in [5.41, 5.74) is 1.39. The predicted molar refractivity (Wildman–Crippen MR) is 128 cm³/mol. The maximum atomic E-state index is 12.8. The fourth-order valence-electron chi connectivity index (χ4n) is 4.46. The molecule has 8 nitrogen and oxygen atoms in total. The van der Waals surface area contributed by atoms with Crippen molar-refractivity contribution in [2.75, 3.05) is 38.6 Å². The van der Waals surface area contributed by atoms with Gasteiger partial charge in [0.25, 0.3) is 0 Å². The highest BCUT2D eigenvalue weighted by atomic mass is 32.1. The molecule has 2 fully saturated rings. The van der Waals surface area contributed by atoms with Crippen LogP contribution in [-0.4, -0.2) is 65.9 Å². The monoisotopic (exact) mass is 472 g/mol. The van der Waals surface area contributed by atoms with Crippen molar-refractivity contribution in [3.63, 3.8) is 0 Å². The molecule has 1 N–H and O–H groups in total. The third-order valence-corrected chi connectivity index (χ3v) is 7.58. The second kappa shape index (κ2) is 10.2. The third-order valence-electron chi connectivity index (χ3n) is 6.50. The number of hydrogen-bond donors (Lipinski definition) is 1. The lowest BCUT2D eigenvalue weighted by Crippen LogP contribution is -2.44. The molecule has 1 aliphatic heterocycles. The van der Waals surface area contributed by atoms with Crippen LogP contribution in [0.4, 0.5) is 5.69 Å². The predicted octanol–water partition coefficient (Wildman–Crippen LogP) is 3.51. The number of piperidine rings is 1. The Balaban J connectivity index is 1.52. The summed E-state index contributed by atoms with van der Waals surface area (Å²) in [7, 11) is 1.34. The highest BCUT2D eigenvalue weighted by Crippen LogP contribution is 2.38. The molecule has 3 heterocycles. The molecule has 2 aliphatic rings. The molecule has 1 aliphatic carbocycles. The van der Waals surface area contributed by atoms with Gasteiger partial charge in [-0.1, -0.05) is 0 Å². The number of nitrogens with one attached hydrogen (secondary N) is 1. The van der Waals surface area contributed by atoms with Crippen LogP contribution in [-0.2, 0) is 20.9 Å². The Bertz CT molecular complexity index is 1040. The molecule has 1 atom stereocenters. The third kappa shape index (κ3) is 5.19. The van der Waals surface area contributed by atoms with Crippen molar-refractivity contribution < 1.29 is 19.1 Å². The number of carbonyl (C=O) groups is 3. The van der Waals surface area contributed by atoms with E-state index < -0.39 is 5.97 Å². The minimum absolute atomic E-state index is 0.0271. The van der Waals surface area contributed by atoms with Crippen LogP contribution in [0.2, 0.25) is 0 Å². The molecule has 0 aromatic carbocycles. The molecule has 2 aromatic heterocycles. The number of aromatic nitrogens is 1. The van der Waals surface area contributed by atoms with Crippen molar-refractivity contribution in [2.24, 2.45) is 11.8 Å². The lowest BCUT2D eigenvalue weighted by molar-refractivity contribution is -0.137. The van der Waals surface area contributed by atoms with Gasteiger partial charge in [0.1, 0.15) is 9.71 Å². The van der Waals surface area contributed by atoms with Gasteiger partial charge in [0, 0.05) is 37.5 Å².